The van der Waals surface area contributed by atoms with Crippen LogP contribution in [0.3, 0.4) is 0 Å². The van der Waals surface area contributed by atoms with Crippen LogP contribution < -0.4 is 0 Å². The van der Waals surface area contributed by atoms with E-state index in [9.17, 15) is 0 Å². The van der Waals surface area contributed by atoms with Crippen molar-refractivity contribution >= 4 is 60.9 Å². The van der Waals surface area contributed by atoms with E-state index in [1.165, 1.54) is 92.0 Å². The number of fused-ring (bicyclic) bond motifs is 7. The third kappa shape index (κ3) is 4.68. The largest absolute Gasteiger partial charge is 0.0772 e. The van der Waals surface area contributed by atoms with Crippen molar-refractivity contribution < 1.29 is 0 Å². The zero-order valence-electron chi connectivity index (χ0n) is 26.8. The molecule has 10 rings (SSSR count). The van der Waals surface area contributed by atoms with Gasteiger partial charge in [0.15, 0.2) is 0 Å². The highest BCUT2D eigenvalue weighted by Gasteiger charge is 2.15. The van der Waals surface area contributed by atoms with Gasteiger partial charge in [0.25, 0.3) is 0 Å². The van der Waals surface area contributed by atoms with Gasteiger partial charge in [-0.25, -0.2) is 0 Å². The lowest BCUT2D eigenvalue weighted by molar-refractivity contribution is 1.62. The van der Waals surface area contributed by atoms with Gasteiger partial charge in [-0.1, -0.05) is 159 Å². The molecule has 9 aromatic carbocycles. The summed E-state index contributed by atoms with van der Waals surface area (Å²) in [4.78, 5) is 0. The van der Waals surface area contributed by atoms with Crippen molar-refractivity contribution in [2.75, 3.05) is 0 Å². The molecule has 0 fully saturated rings. The van der Waals surface area contributed by atoms with Crippen LogP contribution in [0, 0.1) is 0 Å². The van der Waals surface area contributed by atoms with Gasteiger partial charge in [0.2, 0.25) is 0 Å². The highest BCUT2D eigenvalue weighted by molar-refractivity contribution is 7.67. The van der Waals surface area contributed by atoms with Crippen LogP contribution in [0.5, 0.6) is 0 Å². The summed E-state index contributed by atoms with van der Waals surface area (Å²) in [6.07, 6.45) is 0. The van der Waals surface area contributed by atoms with E-state index in [2.05, 4.69) is 188 Å². The molecule has 1 heterocycles. The van der Waals surface area contributed by atoms with Gasteiger partial charge in [-0.05, 0) is 118 Å². The first-order valence-corrected chi connectivity index (χ1v) is 18.3. The SMILES string of the molecule is c1ccc(-c2cc3ccccc3cc2-c2ccc3c(ccc4cc(-c5ccc6c(c5)c5ccccc5p6-c5ccccc5)ccc43)c2)cc1. The monoisotopic (exact) mass is 638 g/mol. The Bertz CT molecular complexity index is 2860. The van der Waals surface area contributed by atoms with Crippen molar-refractivity contribution in [3.63, 3.8) is 0 Å². The molecule has 1 aromatic heterocycles. The van der Waals surface area contributed by atoms with Crippen molar-refractivity contribution in [3.8, 4) is 38.7 Å². The van der Waals surface area contributed by atoms with E-state index in [1.807, 2.05) is 0 Å². The van der Waals surface area contributed by atoms with E-state index < -0.39 is 7.53 Å². The number of benzene rings is 9. The molecule has 228 valence electrons. The van der Waals surface area contributed by atoms with Crippen LogP contribution in [0.4, 0.5) is 0 Å². The van der Waals surface area contributed by atoms with Crippen LogP contribution in [-0.2, 0) is 0 Å². The van der Waals surface area contributed by atoms with Gasteiger partial charge in [0, 0.05) is 10.2 Å². The van der Waals surface area contributed by atoms with E-state index in [0.29, 0.717) is 0 Å². The molecule has 0 amide bonds. The quantitative estimate of drug-likeness (QED) is 0.168. The Hall–Kier alpha value is -5.94. The first kappa shape index (κ1) is 28.1. The predicted octanol–water partition coefficient (Wildman–Crippen LogP) is 14.4. The predicted molar refractivity (Wildman–Crippen MR) is 214 cm³/mol. The summed E-state index contributed by atoms with van der Waals surface area (Å²) < 4.78 is 0. The third-order valence-corrected chi connectivity index (χ3v) is 12.7. The van der Waals surface area contributed by atoms with Gasteiger partial charge in [0.1, 0.15) is 0 Å². The summed E-state index contributed by atoms with van der Waals surface area (Å²) in [6.45, 7) is 0. The molecule has 0 saturated heterocycles. The van der Waals surface area contributed by atoms with Gasteiger partial charge in [0.05, 0.1) is 0 Å². The van der Waals surface area contributed by atoms with Crippen molar-refractivity contribution in [1.82, 2.24) is 0 Å². The molecule has 1 heteroatoms. The Morgan fingerprint density at radius 1 is 0.265 bits per heavy atom. The average Bonchev–Trinajstić information content (AvgIpc) is 3.51. The molecule has 0 aliphatic carbocycles. The third-order valence-electron chi connectivity index (χ3n) is 10.1. The fourth-order valence-electron chi connectivity index (χ4n) is 7.76. The first-order chi connectivity index (χ1) is 24.3. The summed E-state index contributed by atoms with van der Waals surface area (Å²) in [5.41, 5.74) is 7.51. The summed E-state index contributed by atoms with van der Waals surface area (Å²) in [6, 6.07) is 69.8. The Morgan fingerprint density at radius 3 is 1.53 bits per heavy atom. The molecule has 0 aliphatic rings. The maximum absolute atomic E-state index is 2.42. The zero-order chi connectivity index (χ0) is 32.3. The molecule has 0 aliphatic heterocycles. The van der Waals surface area contributed by atoms with E-state index in [0.717, 1.165) is 0 Å². The summed E-state index contributed by atoms with van der Waals surface area (Å²) >= 11 is 0. The second-order valence-electron chi connectivity index (χ2n) is 13.0. The van der Waals surface area contributed by atoms with Crippen molar-refractivity contribution in [2.45, 2.75) is 0 Å². The second-order valence-corrected chi connectivity index (χ2v) is 15.1. The molecule has 0 radical (unpaired) electrons. The van der Waals surface area contributed by atoms with Crippen LogP contribution in [0.25, 0.3) is 92.0 Å². The van der Waals surface area contributed by atoms with Gasteiger partial charge in [-0.15, -0.1) is 0 Å². The maximum atomic E-state index is 2.42. The standard InChI is InChI=1S/C48H31P/c1-3-11-32(12-4-1)44-29-33-13-7-8-14-34(33)30-45(44)39-22-25-42-38(28-39)20-19-37-27-35(21-24-41(37)42)36-23-26-48-46(31-36)43-17-9-10-18-47(43)49(48)40-15-5-2-6-16-40/h1-31H. The minimum Gasteiger partial charge on any atom is -0.0772 e. The molecular weight excluding hydrogens is 608 g/mol. The summed E-state index contributed by atoms with van der Waals surface area (Å²) in [5, 5.41) is 14.7. The average molecular weight is 639 g/mol. The molecule has 10 aromatic rings. The molecule has 0 N–H and O–H groups in total. The van der Waals surface area contributed by atoms with E-state index >= 15 is 0 Å². The van der Waals surface area contributed by atoms with Crippen LogP contribution in [0.1, 0.15) is 0 Å². The van der Waals surface area contributed by atoms with Crippen molar-refractivity contribution in [3.05, 3.63) is 188 Å². The van der Waals surface area contributed by atoms with Crippen LogP contribution in [0.2, 0.25) is 0 Å². The van der Waals surface area contributed by atoms with Crippen LogP contribution in [-0.4, -0.2) is 0 Å². The Morgan fingerprint density at radius 2 is 0.796 bits per heavy atom. The summed E-state index contributed by atoms with van der Waals surface area (Å²) in [5.74, 6) is 0. The number of hydrogen-bond donors (Lipinski definition) is 0. The minimum atomic E-state index is -0.546. The molecule has 0 spiro atoms. The van der Waals surface area contributed by atoms with E-state index in [-0.39, 0.29) is 0 Å². The Labute approximate surface area is 286 Å². The topological polar surface area (TPSA) is 0 Å². The van der Waals surface area contributed by atoms with Gasteiger partial charge in [-0.3, -0.25) is 0 Å². The van der Waals surface area contributed by atoms with Gasteiger partial charge in [-0.2, -0.15) is 0 Å². The normalized spacial score (nSPS) is 12.0. The van der Waals surface area contributed by atoms with E-state index in [1.54, 1.807) is 0 Å². The molecular formula is C48H31P. The number of hydrogen-bond acceptors (Lipinski definition) is 0. The fraction of sp³-hybridized carbons (Fsp3) is 0. The van der Waals surface area contributed by atoms with Gasteiger partial charge >= 0.3 is 0 Å². The molecule has 0 saturated carbocycles. The summed E-state index contributed by atoms with van der Waals surface area (Å²) in [7, 11) is -0.546. The van der Waals surface area contributed by atoms with Gasteiger partial charge < -0.3 is 0 Å². The first-order valence-electron chi connectivity index (χ1n) is 16.9. The molecule has 1 atom stereocenters. The highest BCUT2D eigenvalue weighted by Crippen LogP contribution is 2.55. The molecule has 49 heavy (non-hydrogen) atoms. The van der Waals surface area contributed by atoms with Crippen molar-refractivity contribution in [1.29, 1.82) is 0 Å². The lowest BCUT2D eigenvalue weighted by Gasteiger charge is -2.14. The Kier molecular flexibility index (Phi) is 6.51. The van der Waals surface area contributed by atoms with Crippen LogP contribution in [0.15, 0.2) is 188 Å². The number of rotatable bonds is 4. The zero-order valence-corrected chi connectivity index (χ0v) is 27.7. The Balaban J connectivity index is 1.08. The minimum absolute atomic E-state index is 0.546. The molecule has 0 nitrogen and oxygen atoms in total. The lowest BCUT2D eigenvalue weighted by Crippen LogP contribution is -1.88. The smallest absolute Gasteiger partial charge is 0.00687 e. The molecule has 1 unspecified atom stereocenters. The molecule has 0 bridgehead atoms. The van der Waals surface area contributed by atoms with Crippen molar-refractivity contribution in [2.24, 2.45) is 0 Å². The maximum Gasteiger partial charge on any atom is 0.00687 e. The van der Waals surface area contributed by atoms with E-state index in [4.69, 9.17) is 0 Å². The van der Waals surface area contributed by atoms with Crippen LogP contribution >= 0.6 is 7.53 Å². The second kappa shape index (κ2) is 11.3. The highest BCUT2D eigenvalue weighted by atomic mass is 31.1. The lowest BCUT2D eigenvalue weighted by atomic mass is 9.90. The fourth-order valence-corrected chi connectivity index (χ4v) is 10.4.